The number of rotatable bonds is 5. The maximum absolute atomic E-state index is 12.2. The van der Waals surface area contributed by atoms with E-state index in [9.17, 15) is 4.79 Å². The molecule has 0 saturated carbocycles. The van der Waals surface area contributed by atoms with Crippen molar-refractivity contribution < 1.29 is 14.3 Å². The molecule has 26 heavy (non-hydrogen) atoms. The van der Waals surface area contributed by atoms with Crippen LogP contribution in [0.3, 0.4) is 0 Å². The van der Waals surface area contributed by atoms with Gasteiger partial charge in [0.05, 0.1) is 0 Å². The van der Waals surface area contributed by atoms with Gasteiger partial charge in [-0.25, -0.2) is 4.79 Å². The summed E-state index contributed by atoms with van der Waals surface area (Å²) in [6.45, 7) is 6.08. The molecular weight excluding hydrogens is 392 g/mol. The Hall–Kier alpha value is -2.33. The van der Waals surface area contributed by atoms with Crippen molar-refractivity contribution in [3.8, 4) is 11.5 Å². The highest BCUT2D eigenvalue weighted by Gasteiger charge is 2.12. The van der Waals surface area contributed by atoms with Crippen LogP contribution in [-0.2, 0) is 4.79 Å². The molecular formula is C22H21BrO3. The fourth-order valence-electron chi connectivity index (χ4n) is 2.80. The Bertz CT molecular complexity index is 947. The number of fused-ring (bicyclic) bond motifs is 1. The van der Waals surface area contributed by atoms with Crippen LogP contribution in [0.4, 0.5) is 0 Å². The van der Waals surface area contributed by atoms with Gasteiger partial charge in [0.15, 0.2) is 6.61 Å². The van der Waals surface area contributed by atoms with E-state index < -0.39 is 5.97 Å². The summed E-state index contributed by atoms with van der Waals surface area (Å²) < 4.78 is 12.2. The zero-order valence-corrected chi connectivity index (χ0v) is 16.7. The van der Waals surface area contributed by atoms with Crippen molar-refractivity contribution in [1.29, 1.82) is 0 Å². The molecule has 0 radical (unpaired) electrons. The van der Waals surface area contributed by atoms with E-state index in [1.54, 1.807) is 6.07 Å². The number of carbonyl (C=O) groups excluding carboxylic acids is 1. The van der Waals surface area contributed by atoms with Gasteiger partial charge in [-0.05, 0) is 65.1 Å². The largest absolute Gasteiger partial charge is 0.482 e. The van der Waals surface area contributed by atoms with Crippen molar-refractivity contribution in [1.82, 2.24) is 0 Å². The van der Waals surface area contributed by atoms with Crippen LogP contribution in [-0.4, -0.2) is 12.6 Å². The van der Waals surface area contributed by atoms with Gasteiger partial charge in [-0.2, -0.15) is 0 Å². The van der Waals surface area contributed by atoms with Crippen LogP contribution in [0.15, 0.2) is 59.1 Å². The van der Waals surface area contributed by atoms with Crippen LogP contribution in [0.5, 0.6) is 11.5 Å². The maximum atomic E-state index is 12.2. The van der Waals surface area contributed by atoms with Gasteiger partial charge >= 0.3 is 5.97 Å². The van der Waals surface area contributed by atoms with Crippen molar-refractivity contribution in [2.45, 2.75) is 26.7 Å². The molecule has 3 aromatic carbocycles. The zero-order valence-electron chi connectivity index (χ0n) is 15.1. The minimum Gasteiger partial charge on any atom is -0.482 e. The number of aryl methyl sites for hydroxylation is 1. The van der Waals surface area contributed by atoms with Crippen molar-refractivity contribution in [2.75, 3.05) is 6.61 Å². The van der Waals surface area contributed by atoms with E-state index in [1.807, 2.05) is 55.5 Å². The summed E-state index contributed by atoms with van der Waals surface area (Å²) in [5, 5.41) is 2.09. The molecule has 0 aliphatic carbocycles. The van der Waals surface area contributed by atoms with Crippen LogP contribution in [0.2, 0.25) is 0 Å². The number of hydrogen-bond acceptors (Lipinski definition) is 3. The SMILES string of the molecule is Cc1ccc(C(C)C)c(OCC(=O)Oc2ccc3cc(Br)ccc3c2)c1. The molecule has 0 amide bonds. The van der Waals surface area contributed by atoms with E-state index in [2.05, 4.69) is 29.8 Å². The molecule has 4 heteroatoms. The summed E-state index contributed by atoms with van der Waals surface area (Å²) in [6, 6.07) is 17.6. The predicted molar refractivity (Wildman–Crippen MR) is 108 cm³/mol. The number of carbonyl (C=O) groups is 1. The van der Waals surface area contributed by atoms with Crippen molar-refractivity contribution in [3.63, 3.8) is 0 Å². The first-order valence-electron chi connectivity index (χ1n) is 8.56. The highest BCUT2D eigenvalue weighted by Crippen LogP contribution is 2.28. The third kappa shape index (κ3) is 4.44. The number of halogens is 1. The van der Waals surface area contributed by atoms with E-state index in [1.165, 1.54) is 0 Å². The van der Waals surface area contributed by atoms with Crippen LogP contribution in [0.25, 0.3) is 10.8 Å². The summed E-state index contributed by atoms with van der Waals surface area (Å²) in [5.74, 6) is 1.15. The number of ether oxygens (including phenoxy) is 2. The van der Waals surface area contributed by atoms with Gasteiger partial charge in [0.2, 0.25) is 0 Å². The average molecular weight is 413 g/mol. The lowest BCUT2D eigenvalue weighted by Crippen LogP contribution is -2.18. The number of esters is 1. The molecule has 0 aliphatic heterocycles. The standard InChI is InChI=1S/C22H21BrO3/c1-14(2)20-9-4-15(3)10-21(20)25-13-22(24)26-19-8-6-16-11-18(23)7-5-17(16)12-19/h4-12,14H,13H2,1-3H3. The minimum absolute atomic E-state index is 0.123. The van der Waals surface area contributed by atoms with Gasteiger partial charge in [0.25, 0.3) is 0 Å². The Morgan fingerprint density at radius 1 is 1.00 bits per heavy atom. The number of benzene rings is 3. The molecule has 0 bridgehead atoms. The normalized spacial score (nSPS) is 11.0. The first kappa shape index (κ1) is 18.5. The smallest absolute Gasteiger partial charge is 0.349 e. The summed E-state index contributed by atoms with van der Waals surface area (Å²) >= 11 is 3.45. The van der Waals surface area contributed by atoms with Gasteiger partial charge in [-0.15, -0.1) is 0 Å². The highest BCUT2D eigenvalue weighted by atomic mass is 79.9. The van der Waals surface area contributed by atoms with Gasteiger partial charge < -0.3 is 9.47 Å². The lowest BCUT2D eigenvalue weighted by Gasteiger charge is -2.14. The quantitative estimate of drug-likeness (QED) is 0.379. The zero-order chi connectivity index (χ0) is 18.7. The van der Waals surface area contributed by atoms with Crippen molar-refractivity contribution in [3.05, 3.63) is 70.2 Å². The maximum Gasteiger partial charge on any atom is 0.349 e. The Morgan fingerprint density at radius 3 is 2.50 bits per heavy atom. The van der Waals surface area contributed by atoms with E-state index in [0.29, 0.717) is 11.7 Å². The molecule has 134 valence electrons. The third-order valence-corrected chi connectivity index (χ3v) is 4.64. The summed E-state index contributed by atoms with van der Waals surface area (Å²) in [5.41, 5.74) is 2.18. The van der Waals surface area contributed by atoms with E-state index in [-0.39, 0.29) is 6.61 Å². The van der Waals surface area contributed by atoms with Gasteiger partial charge in [0.1, 0.15) is 11.5 Å². The van der Waals surface area contributed by atoms with Gasteiger partial charge in [0, 0.05) is 4.47 Å². The molecule has 0 aromatic heterocycles. The van der Waals surface area contributed by atoms with Gasteiger partial charge in [-0.3, -0.25) is 0 Å². The Labute approximate surface area is 162 Å². The summed E-state index contributed by atoms with van der Waals surface area (Å²) in [4.78, 5) is 12.2. The molecule has 0 fully saturated rings. The summed E-state index contributed by atoms with van der Waals surface area (Å²) in [6.07, 6.45) is 0. The molecule has 0 saturated heterocycles. The fourth-order valence-corrected chi connectivity index (χ4v) is 3.18. The Morgan fingerprint density at radius 2 is 1.73 bits per heavy atom. The van der Waals surface area contributed by atoms with Gasteiger partial charge in [-0.1, -0.05) is 54.0 Å². The Kier molecular flexibility index (Phi) is 5.62. The lowest BCUT2D eigenvalue weighted by molar-refractivity contribution is -0.136. The predicted octanol–water partition coefficient (Wildman–Crippen LogP) is 6.02. The first-order valence-corrected chi connectivity index (χ1v) is 9.35. The van der Waals surface area contributed by atoms with E-state index >= 15 is 0 Å². The molecule has 0 N–H and O–H groups in total. The second-order valence-corrected chi connectivity index (χ2v) is 7.53. The first-order chi connectivity index (χ1) is 12.4. The monoisotopic (exact) mass is 412 g/mol. The summed E-state index contributed by atoms with van der Waals surface area (Å²) in [7, 11) is 0. The molecule has 0 heterocycles. The fraction of sp³-hybridized carbons (Fsp3) is 0.227. The van der Waals surface area contributed by atoms with E-state index in [0.717, 1.165) is 32.1 Å². The third-order valence-electron chi connectivity index (χ3n) is 4.14. The second-order valence-electron chi connectivity index (χ2n) is 6.61. The Balaban J connectivity index is 1.68. The van der Waals surface area contributed by atoms with E-state index in [4.69, 9.17) is 9.47 Å². The average Bonchev–Trinajstić information content (AvgIpc) is 2.60. The molecule has 0 aliphatic rings. The van der Waals surface area contributed by atoms with Crippen molar-refractivity contribution in [2.24, 2.45) is 0 Å². The number of hydrogen-bond donors (Lipinski definition) is 0. The molecule has 0 spiro atoms. The second kappa shape index (κ2) is 7.92. The minimum atomic E-state index is -0.419. The van der Waals surface area contributed by atoms with Crippen LogP contribution in [0, 0.1) is 6.92 Å². The van der Waals surface area contributed by atoms with Crippen LogP contribution in [0.1, 0.15) is 30.9 Å². The van der Waals surface area contributed by atoms with Crippen LogP contribution >= 0.6 is 15.9 Å². The molecule has 3 rings (SSSR count). The lowest BCUT2D eigenvalue weighted by atomic mass is 10.0. The molecule has 3 nitrogen and oxygen atoms in total. The van der Waals surface area contributed by atoms with Crippen molar-refractivity contribution >= 4 is 32.7 Å². The molecule has 0 atom stereocenters. The topological polar surface area (TPSA) is 35.5 Å². The molecule has 3 aromatic rings. The highest BCUT2D eigenvalue weighted by molar-refractivity contribution is 9.10. The molecule has 0 unspecified atom stereocenters. The van der Waals surface area contributed by atoms with Crippen LogP contribution < -0.4 is 9.47 Å².